The van der Waals surface area contributed by atoms with Crippen LogP contribution in [0, 0.1) is 5.41 Å². The molecule has 0 N–H and O–H groups in total. The molecule has 110 valence electrons. The van der Waals surface area contributed by atoms with Gasteiger partial charge in [0.1, 0.15) is 0 Å². The van der Waals surface area contributed by atoms with Gasteiger partial charge < -0.3 is 4.90 Å². The molecule has 3 heteroatoms. The topological polar surface area (TPSA) is 9.72 Å². The van der Waals surface area contributed by atoms with Crippen molar-refractivity contribution in [1.82, 2.24) is 14.7 Å². The van der Waals surface area contributed by atoms with Gasteiger partial charge in [0.05, 0.1) is 0 Å². The summed E-state index contributed by atoms with van der Waals surface area (Å²) in [6.07, 6.45) is 5.71. The molecule has 0 amide bonds. The number of rotatable bonds is 2. The van der Waals surface area contributed by atoms with Gasteiger partial charge in [0, 0.05) is 43.7 Å². The summed E-state index contributed by atoms with van der Waals surface area (Å²) in [6.45, 7) is 12.7. The van der Waals surface area contributed by atoms with Crippen LogP contribution in [0.5, 0.6) is 0 Å². The Morgan fingerprint density at radius 1 is 1.05 bits per heavy atom. The molecule has 0 aromatic heterocycles. The molecule has 3 saturated heterocycles. The zero-order valence-corrected chi connectivity index (χ0v) is 13.1. The molecule has 0 bridgehead atoms. The summed E-state index contributed by atoms with van der Waals surface area (Å²) in [5, 5.41) is 0. The monoisotopic (exact) mass is 265 g/mol. The van der Waals surface area contributed by atoms with Gasteiger partial charge in [-0.15, -0.1) is 0 Å². The van der Waals surface area contributed by atoms with Gasteiger partial charge in [-0.3, -0.25) is 9.80 Å². The highest BCUT2D eigenvalue weighted by atomic mass is 15.3. The third-order valence-electron chi connectivity index (χ3n) is 5.61. The maximum absolute atomic E-state index is 2.83. The summed E-state index contributed by atoms with van der Waals surface area (Å²) >= 11 is 0. The fraction of sp³-hybridized carbons (Fsp3) is 1.00. The van der Waals surface area contributed by atoms with E-state index in [4.69, 9.17) is 0 Å². The fourth-order valence-electron chi connectivity index (χ4n) is 4.43. The third-order valence-corrected chi connectivity index (χ3v) is 5.61. The third kappa shape index (κ3) is 2.84. The van der Waals surface area contributed by atoms with Crippen LogP contribution >= 0.6 is 0 Å². The molecule has 0 saturated carbocycles. The first-order valence-corrected chi connectivity index (χ1v) is 8.25. The van der Waals surface area contributed by atoms with E-state index in [0.29, 0.717) is 5.41 Å². The Balaban J connectivity index is 1.57. The SMILES string of the molecule is CC(C)N1CC2(CCCN(C3CCCN(C)C3)C2)C1. The molecule has 0 aliphatic carbocycles. The lowest BCUT2D eigenvalue weighted by Crippen LogP contribution is -2.66. The molecule has 0 aromatic carbocycles. The molecule has 19 heavy (non-hydrogen) atoms. The van der Waals surface area contributed by atoms with Gasteiger partial charge in [0.2, 0.25) is 0 Å². The van der Waals surface area contributed by atoms with E-state index < -0.39 is 0 Å². The minimum absolute atomic E-state index is 0.651. The van der Waals surface area contributed by atoms with Crippen molar-refractivity contribution in [2.45, 2.75) is 51.6 Å². The summed E-state index contributed by atoms with van der Waals surface area (Å²) in [5.41, 5.74) is 0.651. The number of piperidine rings is 2. The Labute approximate surface area is 118 Å². The highest BCUT2D eigenvalue weighted by Gasteiger charge is 2.47. The number of likely N-dealkylation sites (N-methyl/N-ethyl adjacent to an activating group) is 1. The molecule has 3 nitrogen and oxygen atoms in total. The van der Waals surface area contributed by atoms with Gasteiger partial charge in [-0.25, -0.2) is 0 Å². The van der Waals surface area contributed by atoms with E-state index in [9.17, 15) is 0 Å². The van der Waals surface area contributed by atoms with E-state index in [-0.39, 0.29) is 0 Å². The summed E-state index contributed by atoms with van der Waals surface area (Å²) in [5.74, 6) is 0. The van der Waals surface area contributed by atoms with Crippen molar-refractivity contribution in [3.8, 4) is 0 Å². The van der Waals surface area contributed by atoms with E-state index >= 15 is 0 Å². The maximum atomic E-state index is 2.83. The minimum Gasteiger partial charge on any atom is -0.305 e. The highest BCUT2D eigenvalue weighted by Crippen LogP contribution is 2.40. The number of hydrogen-bond donors (Lipinski definition) is 0. The molecule has 1 atom stereocenters. The predicted octanol–water partition coefficient (Wildman–Crippen LogP) is 1.89. The normalized spacial score (nSPS) is 33.8. The van der Waals surface area contributed by atoms with E-state index in [1.807, 2.05) is 0 Å². The van der Waals surface area contributed by atoms with Crippen LogP contribution in [0.4, 0.5) is 0 Å². The largest absolute Gasteiger partial charge is 0.305 e. The number of hydrogen-bond acceptors (Lipinski definition) is 3. The van der Waals surface area contributed by atoms with Crippen molar-refractivity contribution in [3.05, 3.63) is 0 Å². The Morgan fingerprint density at radius 2 is 1.84 bits per heavy atom. The van der Waals surface area contributed by atoms with Gasteiger partial charge in [0.15, 0.2) is 0 Å². The van der Waals surface area contributed by atoms with E-state index in [1.54, 1.807) is 0 Å². The quantitative estimate of drug-likeness (QED) is 0.755. The van der Waals surface area contributed by atoms with Crippen molar-refractivity contribution in [2.24, 2.45) is 5.41 Å². The van der Waals surface area contributed by atoms with Gasteiger partial charge in [-0.05, 0) is 59.7 Å². The Hall–Kier alpha value is -0.120. The molecule has 3 rings (SSSR count). The molecule has 1 spiro atoms. The summed E-state index contributed by atoms with van der Waals surface area (Å²) in [6, 6.07) is 1.57. The maximum Gasteiger partial charge on any atom is 0.0223 e. The molecular weight excluding hydrogens is 234 g/mol. The first-order chi connectivity index (χ1) is 9.08. The van der Waals surface area contributed by atoms with Crippen LogP contribution in [-0.2, 0) is 0 Å². The molecule has 3 fully saturated rings. The lowest BCUT2D eigenvalue weighted by molar-refractivity contribution is -0.0827. The van der Waals surface area contributed by atoms with Gasteiger partial charge in [-0.2, -0.15) is 0 Å². The smallest absolute Gasteiger partial charge is 0.0223 e. The van der Waals surface area contributed by atoms with Crippen LogP contribution < -0.4 is 0 Å². The zero-order valence-electron chi connectivity index (χ0n) is 13.1. The first-order valence-electron chi connectivity index (χ1n) is 8.25. The lowest BCUT2D eigenvalue weighted by Gasteiger charge is -2.57. The summed E-state index contributed by atoms with van der Waals surface area (Å²) in [4.78, 5) is 8.00. The minimum atomic E-state index is 0.651. The number of nitrogens with zero attached hydrogens (tertiary/aromatic N) is 3. The van der Waals surface area contributed by atoms with Gasteiger partial charge in [0.25, 0.3) is 0 Å². The Kier molecular flexibility index (Phi) is 3.89. The van der Waals surface area contributed by atoms with Crippen LogP contribution in [0.15, 0.2) is 0 Å². The highest BCUT2D eigenvalue weighted by molar-refractivity contribution is 5.01. The van der Waals surface area contributed by atoms with Crippen molar-refractivity contribution >= 4 is 0 Å². The van der Waals surface area contributed by atoms with Crippen molar-refractivity contribution in [3.63, 3.8) is 0 Å². The average Bonchev–Trinajstić information content (AvgIpc) is 2.36. The number of likely N-dealkylation sites (tertiary alicyclic amines) is 3. The average molecular weight is 265 g/mol. The van der Waals surface area contributed by atoms with Crippen LogP contribution in [0.3, 0.4) is 0 Å². The lowest BCUT2D eigenvalue weighted by atomic mass is 9.72. The van der Waals surface area contributed by atoms with E-state index in [0.717, 1.165) is 12.1 Å². The van der Waals surface area contributed by atoms with Gasteiger partial charge in [-0.1, -0.05) is 0 Å². The molecule has 3 aliphatic heterocycles. The molecule has 0 radical (unpaired) electrons. The first kappa shape index (κ1) is 13.8. The molecular formula is C16H31N3. The zero-order chi connectivity index (χ0) is 13.5. The van der Waals surface area contributed by atoms with Crippen LogP contribution in [0.2, 0.25) is 0 Å². The van der Waals surface area contributed by atoms with Crippen molar-refractivity contribution in [1.29, 1.82) is 0 Å². The molecule has 3 aliphatic rings. The molecule has 1 unspecified atom stereocenters. The van der Waals surface area contributed by atoms with Gasteiger partial charge >= 0.3 is 0 Å². The van der Waals surface area contributed by atoms with Crippen LogP contribution in [0.1, 0.15) is 39.5 Å². The van der Waals surface area contributed by atoms with E-state index in [2.05, 4.69) is 35.6 Å². The second-order valence-corrected chi connectivity index (χ2v) is 7.63. The molecule has 0 aromatic rings. The van der Waals surface area contributed by atoms with E-state index in [1.165, 1.54) is 65.0 Å². The Morgan fingerprint density at radius 3 is 2.53 bits per heavy atom. The Bertz CT molecular complexity index is 309. The second-order valence-electron chi connectivity index (χ2n) is 7.63. The second kappa shape index (κ2) is 5.34. The predicted molar refractivity (Wildman–Crippen MR) is 80.5 cm³/mol. The van der Waals surface area contributed by atoms with Crippen LogP contribution in [-0.4, -0.2) is 73.1 Å². The van der Waals surface area contributed by atoms with Crippen molar-refractivity contribution in [2.75, 3.05) is 46.3 Å². The fourth-order valence-corrected chi connectivity index (χ4v) is 4.43. The van der Waals surface area contributed by atoms with Crippen molar-refractivity contribution < 1.29 is 0 Å². The van der Waals surface area contributed by atoms with Crippen LogP contribution in [0.25, 0.3) is 0 Å². The molecule has 3 heterocycles. The summed E-state index contributed by atoms with van der Waals surface area (Å²) < 4.78 is 0. The standard InChI is InChI=1S/C16H31N3/c1-14(2)19-12-16(13-19)7-5-9-18(11-16)15-6-4-8-17(3)10-15/h14-15H,4-13H2,1-3H3. The summed E-state index contributed by atoms with van der Waals surface area (Å²) in [7, 11) is 2.29.